The lowest BCUT2D eigenvalue weighted by Crippen LogP contribution is -2.49. The smallest absolute Gasteiger partial charge is 0.258 e. The fraction of sp³-hybridized carbons (Fsp3) is 0.440. The largest absolute Gasteiger partial charge is 0.492 e. The first-order chi connectivity index (χ1) is 15.3. The molecule has 2 N–H and O–H groups in total. The van der Waals surface area contributed by atoms with Gasteiger partial charge in [0.25, 0.3) is 5.91 Å². The third kappa shape index (κ3) is 9.22. The predicted octanol–water partition coefficient (Wildman–Crippen LogP) is 3.80. The molecule has 2 rings (SSSR count). The molecule has 7 heteroatoms. The van der Waals surface area contributed by atoms with E-state index in [-0.39, 0.29) is 23.8 Å². The molecule has 6 nitrogen and oxygen atoms in total. The standard InChI is InChI=1S/C25H34N2O4S/c1-25(2,3)19-10-12-21(13-11-19)30-16-15-26-24(29)22(14-17-32-4)27-23(28)18-31-20-8-6-5-7-9-20/h5-13,22H,14-18H2,1-4H3,(H,26,29)(H,27,28). The Morgan fingerprint density at radius 1 is 0.969 bits per heavy atom. The molecule has 0 aliphatic heterocycles. The van der Waals surface area contributed by atoms with Crippen LogP contribution in [-0.4, -0.2) is 49.6 Å². The lowest BCUT2D eigenvalue weighted by atomic mass is 9.87. The highest BCUT2D eigenvalue weighted by Crippen LogP contribution is 2.24. The number of amides is 2. The minimum atomic E-state index is -0.611. The maximum absolute atomic E-state index is 12.6. The van der Waals surface area contributed by atoms with Gasteiger partial charge in [-0.05, 0) is 53.7 Å². The number of ether oxygens (including phenoxy) is 2. The van der Waals surface area contributed by atoms with Crippen molar-refractivity contribution in [3.63, 3.8) is 0 Å². The molecule has 174 valence electrons. The summed E-state index contributed by atoms with van der Waals surface area (Å²) >= 11 is 1.63. The van der Waals surface area contributed by atoms with Crippen molar-refractivity contribution >= 4 is 23.6 Å². The Morgan fingerprint density at radius 3 is 2.25 bits per heavy atom. The number of thioether (sulfide) groups is 1. The van der Waals surface area contributed by atoms with E-state index >= 15 is 0 Å². The van der Waals surface area contributed by atoms with E-state index < -0.39 is 6.04 Å². The fourth-order valence-electron chi connectivity index (χ4n) is 2.92. The zero-order valence-corrected chi connectivity index (χ0v) is 20.2. The Kier molecular flexibility index (Phi) is 10.4. The molecule has 0 aliphatic rings. The highest BCUT2D eigenvalue weighted by molar-refractivity contribution is 7.98. The quantitative estimate of drug-likeness (QED) is 0.473. The summed E-state index contributed by atoms with van der Waals surface area (Å²) in [7, 11) is 0. The molecule has 0 aliphatic carbocycles. The zero-order chi connectivity index (χ0) is 23.4. The van der Waals surface area contributed by atoms with Gasteiger partial charge in [-0.2, -0.15) is 11.8 Å². The van der Waals surface area contributed by atoms with Gasteiger partial charge < -0.3 is 20.1 Å². The molecule has 0 fully saturated rings. The molecule has 0 aromatic heterocycles. The van der Waals surface area contributed by atoms with Crippen molar-refractivity contribution in [2.75, 3.05) is 31.8 Å². The van der Waals surface area contributed by atoms with Crippen LogP contribution in [0.3, 0.4) is 0 Å². The van der Waals surface area contributed by atoms with E-state index in [1.807, 2.05) is 36.6 Å². The van der Waals surface area contributed by atoms with Crippen LogP contribution in [0.4, 0.5) is 0 Å². The van der Waals surface area contributed by atoms with Crippen LogP contribution in [-0.2, 0) is 15.0 Å². The summed E-state index contributed by atoms with van der Waals surface area (Å²) in [6, 6.07) is 16.5. The predicted molar refractivity (Wildman–Crippen MR) is 131 cm³/mol. The molecule has 2 amide bonds. The number of rotatable bonds is 12. The van der Waals surface area contributed by atoms with Crippen molar-refractivity contribution in [1.29, 1.82) is 0 Å². The molecule has 0 saturated carbocycles. The second kappa shape index (κ2) is 13.0. The first-order valence-corrected chi connectivity index (χ1v) is 12.2. The highest BCUT2D eigenvalue weighted by Gasteiger charge is 2.20. The Morgan fingerprint density at radius 2 is 1.62 bits per heavy atom. The Hall–Kier alpha value is -2.67. The van der Waals surface area contributed by atoms with Gasteiger partial charge in [0.1, 0.15) is 24.1 Å². The van der Waals surface area contributed by atoms with Crippen molar-refractivity contribution in [2.24, 2.45) is 0 Å². The summed E-state index contributed by atoms with van der Waals surface area (Å²) in [5, 5.41) is 5.62. The van der Waals surface area contributed by atoms with Gasteiger partial charge in [0.15, 0.2) is 6.61 Å². The molecule has 2 aromatic carbocycles. The van der Waals surface area contributed by atoms with Gasteiger partial charge in [-0.3, -0.25) is 9.59 Å². The second-order valence-electron chi connectivity index (χ2n) is 8.42. The minimum Gasteiger partial charge on any atom is -0.492 e. The fourth-order valence-corrected chi connectivity index (χ4v) is 3.39. The van der Waals surface area contributed by atoms with Gasteiger partial charge in [0.2, 0.25) is 5.91 Å². The van der Waals surface area contributed by atoms with Crippen LogP contribution in [0.2, 0.25) is 0 Å². The number of nitrogens with one attached hydrogen (secondary N) is 2. The van der Waals surface area contributed by atoms with Gasteiger partial charge in [-0.25, -0.2) is 0 Å². The van der Waals surface area contributed by atoms with Gasteiger partial charge in [0, 0.05) is 0 Å². The lowest BCUT2D eigenvalue weighted by molar-refractivity contribution is -0.130. The third-order valence-electron chi connectivity index (χ3n) is 4.77. The SMILES string of the molecule is CSCCC(NC(=O)COc1ccccc1)C(=O)NCCOc1ccc(C(C)(C)C)cc1. The zero-order valence-electron chi connectivity index (χ0n) is 19.4. The summed E-state index contributed by atoms with van der Waals surface area (Å²) < 4.78 is 11.2. The van der Waals surface area contributed by atoms with Crippen molar-refractivity contribution in [2.45, 2.75) is 38.6 Å². The van der Waals surface area contributed by atoms with Crippen LogP contribution in [0.15, 0.2) is 54.6 Å². The van der Waals surface area contributed by atoms with Gasteiger partial charge in [-0.1, -0.05) is 51.1 Å². The van der Waals surface area contributed by atoms with Crippen molar-refractivity contribution in [3.8, 4) is 11.5 Å². The minimum absolute atomic E-state index is 0.0921. The van der Waals surface area contributed by atoms with E-state index in [0.717, 1.165) is 11.5 Å². The average Bonchev–Trinajstić information content (AvgIpc) is 2.78. The number of hydrogen-bond acceptors (Lipinski definition) is 5. The topological polar surface area (TPSA) is 76.7 Å². The molecule has 1 unspecified atom stereocenters. The van der Waals surface area contributed by atoms with Gasteiger partial charge in [0.05, 0.1) is 6.54 Å². The Balaban J connectivity index is 1.76. The summed E-state index contributed by atoms with van der Waals surface area (Å²) in [5.41, 5.74) is 1.33. The number of benzene rings is 2. The van der Waals surface area contributed by atoms with Crippen molar-refractivity contribution in [3.05, 3.63) is 60.2 Å². The van der Waals surface area contributed by atoms with E-state index in [0.29, 0.717) is 25.3 Å². The second-order valence-corrected chi connectivity index (χ2v) is 9.40. The molecule has 2 aromatic rings. The number of carbonyl (C=O) groups is 2. The molecule has 0 bridgehead atoms. The van der Waals surface area contributed by atoms with Crippen LogP contribution in [0.5, 0.6) is 11.5 Å². The molecule has 0 saturated heterocycles. The molecule has 0 heterocycles. The maximum atomic E-state index is 12.6. The van der Waals surface area contributed by atoms with Crippen molar-refractivity contribution < 1.29 is 19.1 Å². The third-order valence-corrected chi connectivity index (χ3v) is 5.41. The van der Waals surface area contributed by atoms with Crippen LogP contribution in [0, 0.1) is 0 Å². The molecular formula is C25H34N2O4S. The Bertz CT molecular complexity index is 835. The summed E-state index contributed by atoms with van der Waals surface area (Å²) in [4.78, 5) is 24.9. The monoisotopic (exact) mass is 458 g/mol. The van der Waals surface area contributed by atoms with E-state index in [1.54, 1.807) is 23.9 Å². The molecule has 0 radical (unpaired) electrons. The first-order valence-electron chi connectivity index (χ1n) is 10.8. The van der Waals surface area contributed by atoms with Crippen LogP contribution in [0.1, 0.15) is 32.8 Å². The normalized spacial score (nSPS) is 12.0. The number of carbonyl (C=O) groups excluding carboxylic acids is 2. The summed E-state index contributed by atoms with van der Waals surface area (Å²) in [6.45, 7) is 7.06. The summed E-state index contributed by atoms with van der Waals surface area (Å²) in [6.07, 6.45) is 2.51. The van der Waals surface area contributed by atoms with Crippen LogP contribution in [0.25, 0.3) is 0 Å². The van der Waals surface area contributed by atoms with E-state index in [4.69, 9.17) is 9.47 Å². The van der Waals surface area contributed by atoms with Crippen LogP contribution < -0.4 is 20.1 Å². The first kappa shape index (κ1) is 25.6. The molecule has 32 heavy (non-hydrogen) atoms. The average molecular weight is 459 g/mol. The molecule has 0 spiro atoms. The van der Waals surface area contributed by atoms with E-state index in [9.17, 15) is 9.59 Å². The number of hydrogen-bond donors (Lipinski definition) is 2. The molecule has 1 atom stereocenters. The Labute approximate surface area is 195 Å². The maximum Gasteiger partial charge on any atom is 0.258 e. The van der Waals surface area contributed by atoms with Crippen molar-refractivity contribution in [1.82, 2.24) is 10.6 Å². The van der Waals surface area contributed by atoms with Gasteiger partial charge in [-0.15, -0.1) is 0 Å². The lowest BCUT2D eigenvalue weighted by Gasteiger charge is -2.19. The molecular weight excluding hydrogens is 424 g/mol. The van der Waals surface area contributed by atoms with Crippen LogP contribution >= 0.6 is 11.8 Å². The van der Waals surface area contributed by atoms with Gasteiger partial charge >= 0.3 is 0 Å². The number of para-hydroxylation sites is 1. The highest BCUT2D eigenvalue weighted by atomic mass is 32.2. The van der Waals surface area contributed by atoms with E-state index in [2.05, 4.69) is 43.5 Å². The summed E-state index contributed by atoms with van der Waals surface area (Å²) in [5.74, 6) is 1.58. The van der Waals surface area contributed by atoms with E-state index in [1.165, 1.54) is 5.56 Å².